The van der Waals surface area contributed by atoms with E-state index >= 15 is 0 Å². The van der Waals surface area contributed by atoms with Crippen molar-refractivity contribution in [2.24, 2.45) is 22.9 Å². The van der Waals surface area contributed by atoms with E-state index in [2.05, 4.69) is 25.3 Å². The van der Waals surface area contributed by atoms with Gasteiger partial charge in [0, 0.05) is 24.3 Å². The Hall–Kier alpha value is -9.21. The van der Waals surface area contributed by atoms with Crippen LogP contribution < -0.4 is 28.8 Å². The second-order valence-electron chi connectivity index (χ2n) is 24.5. The first kappa shape index (κ1) is 73.0. The SMILES string of the molecule is C=CC(=O)OCCCCCCOc1ccc(OC2CCC(C(=O)Oc3ccc(OOCC4CCC(C(OO)c5ccc(OCCCCCCOC(=O)C=C)cc5)CC4)c(/C=N/N(CCCCOC(=O)C4c5ccccc5-c5ccccc54)c4nc5ccccc5s4)c3)CC2)cc1.C=O. The quantitative estimate of drug-likeness (QED) is 0.00555. The van der Waals surface area contributed by atoms with E-state index in [0.717, 1.165) is 132 Å². The van der Waals surface area contributed by atoms with Crippen LogP contribution in [0.2, 0.25) is 0 Å². The average Bonchev–Trinajstić information content (AvgIpc) is 1.61. The number of carbonyl (C=O) groups is 5. The predicted octanol–water partition coefficient (Wildman–Crippen LogP) is 16.3. The highest BCUT2D eigenvalue weighted by molar-refractivity contribution is 7.22. The number of hydrogen-bond donors (Lipinski definition) is 1. The van der Waals surface area contributed by atoms with Crippen LogP contribution in [0.25, 0.3) is 21.3 Å². The highest BCUT2D eigenvalue weighted by Crippen LogP contribution is 2.45. The van der Waals surface area contributed by atoms with E-state index in [1.165, 1.54) is 23.5 Å². The van der Waals surface area contributed by atoms with Gasteiger partial charge in [-0.15, -0.1) is 0 Å². The molecule has 0 bridgehead atoms. The van der Waals surface area contributed by atoms with Crippen LogP contribution in [-0.4, -0.2) is 99.4 Å². The summed E-state index contributed by atoms with van der Waals surface area (Å²) in [5, 5.41) is 17.7. The fraction of sp³-hybridized carbons (Fsp3) is 0.397. The van der Waals surface area contributed by atoms with E-state index in [-0.39, 0.29) is 42.4 Å². The Labute approximate surface area is 577 Å². The van der Waals surface area contributed by atoms with Gasteiger partial charge < -0.3 is 42.8 Å². The van der Waals surface area contributed by atoms with Gasteiger partial charge >= 0.3 is 23.9 Å². The lowest BCUT2D eigenvalue weighted by molar-refractivity contribution is -0.296. The van der Waals surface area contributed by atoms with E-state index < -0.39 is 24.0 Å². The Bertz CT molecular complexity index is 3610. The molecule has 0 saturated heterocycles. The molecule has 3 aliphatic rings. The summed E-state index contributed by atoms with van der Waals surface area (Å²) in [4.78, 5) is 80.5. The van der Waals surface area contributed by atoms with Crippen molar-refractivity contribution >= 4 is 63.6 Å². The van der Waals surface area contributed by atoms with Gasteiger partial charge in [-0.05, 0) is 222 Å². The normalized spacial score (nSPS) is 16.7. The Balaban J connectivity index is 0.00000557. The van der Waals surface area contributed by atoms with Gasteiger partial charge in [0.15, 0.2) is 5.75 Å². The number of ether oxygens (including phenoxy) is 7. The number of nitrogens with zero attached hydrogens (tertiary/aromatic N) is 3. The summed E-state index contributed by atoms with van der Waals surface area (Å²) in [7, 11) is 0. The van der Waals surface area contributed by atoms with Crippen LogP contribution in [0.4, 0.5) is 5.13 Å². The van der Waals surface area contributed by atoms with Crippen LogP contribution in [0.1, 0.15) is 150 Å². The summed E-state index contributed by atoms with van der Waals surface area (Å²) in [5.41, 5.74) is 6.24. The fourth-order valence-electron chi connectivity index (χ4n) is 12.5. The third-order valence-corrected chi connectivity index (χ3v) is 18.8. The molecular weight excluding hydrogens is 1270 g/mol. The summed E-state index contributed by atoms with van der Waals surface area (Å²) in [6.07, 6.45) is 17.7. The number of benzene rings is 6. The van der Waals surface area contributed by atoms with E-state index in [1.807, 2.05) is 121 Å². The van der Waals surface area contributed by atoms with Crippen molar-refractivity contribution < 1.29 is 77.1 Å². The van der Waals surface area contributed by atoms with Crippen LogP contribution in [0, 0.1) is 17.8 Å². The molecule has 0 radical (unpaired) electrons. The van der Waals surface area contributed by atoms with E-state index in [9.17, 15) is 24.4 Å². The number of thiazole rings is 1. The molecule has 3 aliphatic carbocycles. The second-order valence-corrected chi connectivity index (χ2v) is 25.5. The molecule has 0 aliphatic heterocycles. The number of carbonyl (C=O) groups excluding carboxylic acids is 5. The third-order valence-electron chi connectivity index (χ3n) is 17.8. The van der Waals surface area contributed by atoms with Crippen LogP contribution >= 0.6 is 11.3 Å². The predicted molar refractivity (Wildman–Crippen MR) is 376 cm³/mol. The summed E-state index contributed by atoms with van der Waals surface area (Å²) in [6, 6.07) is 44.4. The lowest BCUT2D eigenvalue weighted by atomic mass is 9.78. The topological polar surface area (TPSA) is 226 Å². The molecule has 2 saturated carbocycles. The number of fused-ring (bicyclic) bond motifs is 4. The van der Waals surface area contributed by atoms with Crippen LogP contribution in [0.5, 0.6) is 28.7 Å². The number of aromatic nitrogens is 1. The minimum atomic E-state index is -0.496. The van der Waals surface area contributed by atoms with Gasteiger partial charge in [0.2, 0.25) is 5.13 Å². The summed E-state index contributed by atoms with van der Waals surface area (Å²) < 4.78 is 41.5. The number of hydrazone groups is 1. The van der Waals surface area contributed by atoms with Crippen molar-refractivity contribution in [1.82, 2.24) is 4.98 Å². The number of esters is 4. The molecule has 19 nitrogen and oxygen atoms in total. The molecule has 0 amide bonds. The van der Waals surface area contributed by atoms with Crippen LogP contribution in [0.15, 0.2) is 170 Å². The highest BCUT2D eigenvalue weighted by atomic mass is 32.1. The second kappa shape index (κ2) is 39.3. The van der Waals surface area contributed by atoms with Crippen molar-refractivity contribution in [1.29, 1.82) is 0 Å². The molecule has 6 aromatic carbocycles. The lowest BCUT2D eigenvalue weighted by Crippen LogP contribution is -2.30. The molecule has 0 spiro atoms. The number of unbranched alkanes of at least 4 members (excludes halogenated alkanes) is 7. The van der Waals surface area contributed by atoms with Crippen molar-refractivity contribution in [3.63, 3.8) is 0 Å². The van der Waals surface area contributed by atoms with E-state index in [4.69, 9.17) is 62.7 Å². The smallest absolute Gasteiger partial charge is 0.330 e. The zero-order valence-corrected chi connectivity index (χ0v) is 56.4. The zero-order chi connectivity index (χ0) is 68.7. The van der Waals surface area contributed by atoms with Gasteiger partial charge in [-0.1, -0.05) is 97.3 Å². The maximum absolute atomic E-state index is 14.0. The van der Waals surface area contributed by atoms with Gasteiger partial charge in [-0.3, -0.25) is 14.8 Å². The first-order chi connectivity index (χ1) is 48.1. The molecule has 7 aromatic rings. The van der Waals surface area contributed by atoms with E-state index in [0.29, 0.717) is 100 Å². The fourth-order valence-corrected chi connectivity index (χ4v) is 13.5. The Morgan fingerprint density at radius 3 is 1.76 bits per heavy atom. The first-order valence-electron chi connectivity index (χ1n) is 34.1. The largest absolute Gasteiger partial charge is 0.494 e. The van der Waals surface area contributed by atoms with Crippen LogP contribution in [-0.2, 0) is 48.0 Å². The van der Waals surface area contributed by atoms with Gasteiger partial charge in [0.25, 0.3) is 0 Å². The molecule has 518 valence electrons. The molecule has 2 fully saturated rings. The van der Waals surface area contributed by atoms with Crippen molar-refractivity contribution in [2.75, 3.05) is 51.2 Å². The van der Waals surface area contributed by atoms with Gasteiger partial charge in [0.05, 0.1) is 68.1 Å². The number of hydrogen-bond acceptors (Lipinski definition) is 20. The Morgan fingerprint density at radius 1 is 0.592 bits per heavy atom. The van der Waals surface area contributed by atoms with Crippen molar-refractivity contribution in [3.8, 4) is 39.9 Å². The van der Waals surface area contributed by atoms with Gasteiger partial charge in [-0.2, -0.15) is 9.99 Å². The molecule has 10 rings (SSSR count). The summed E-state index contributed by atoms with van der Waals surface area (Å²) in [5.74, 6) is 1.01. The number of rotatable bonds is 38. The number of anilines is 1. The van der Waals surface area contributed by atoms with Crippen molar-refractivity contribution in [3.05, 3.63) is 187 Å². The molecule has 20 heteroatoms. The Morgan fingerprint density at radius 2 is 1.14 bits per heavy atom. The van der Waals surface area contributed by atoms with E-state index in [1.54, 1.807) is 24.4 Å². The zero-order valence-electron chi connectivity index (χ0n) is 55.6. The van der Waals surface area contributed by atoms with Gasteiger partial charge in [-0.25, -0.2) is 24.5 Å². The minimum absolute atomic E-state index is 0.0539. The molecule has 1 atom stereocenters. The maximum atomic E-state index is 14.0. The van der Waals surface area contributed by atoms with Crippen LogP contribution in [0.3, 0.4) is 0 Å². The molecule has 1 unspecified atom stereocenters. The monoisotopic (exact) mass is 1360 g/mol. The standard InChI is InChI=1S/C77H87N3O15S.CH2O/c1-3-71(81)88-48-18-7-5-16-46-86-59-35-31-56(32-36-59)74(94-85)55-29-27-54(28-30-55)53-91-95-69-44-43-63(93-75(83)57-33-37-61(38-34-57)92-62-41-39-60(40-42-62)87-47-17-6-8-19-49-89-72(82)4-2)51-58(69)52-78-80(77-79-68-25-13-14-26-70(68)96-77)45-15-20-50-90-76(84)73-66-23-11-9-21-64(66)65-22-10-12-24-67(65)73;1-2/h3-4,9-14,21-26,31-32,35-36,39-44,51-52,54-55,57,61,73-74,85H,1-2,5-8,15-20,27-30,33-34,37-38,45-50,53H2;1H2/b78-52+;. The number of para-hydroxylation sites is 1. The maximum Gasteiger partial charge on any atom is 0.330 e. The molecule has 1 N–H and O–H groups in total. The lowest BCUT2D eigenvalue weighted by Gasteiger charge is -2.32. The minimum Gasteiger partial charge on any atom is -0.494 e. The highest BCUT2D eigenvalue weighted by Gasteiger charge is 2.35. The Kier molecular flexibility index (Phi) is 29.3. The van der Waals surface area contributed by atoms with Gasteiger partial charge in [0.1, 0.15) is 41.8 Å². The molecule has 1 heterocycles. The summed E-state index contributed by atoms with van der Waals surface area (Å²) >= 11 is 1.52. The average molecular weight is 1360 g/mol. The third kappa shape index (κ3) is 21.6. The van der Waals surface area contributed by atoms with Crippen molar-refractivity contribution in [2.45, 2.75) is 134 Å². The molecule has 98 heavy (non-hydrogen) atoms. The first-order valence-corrected chi connectivity index (χ1v) is 34.9. The molecule has 1 aromatic heterocycles. The summed E-state index contributed by atoms with van der Waals surface area (Å²) in [6.45, 7) is 11.8. The molecular formula is C78H89N3O16S.